The molecule has 0 aromatic heterocycles. The average Bonchev–Trinajstić information content (AvgIpc) is 2.15. The summed E-state index contributed by atoms with van der Waals surface area (Å²) < 4.78 is 5.24. The van der Waals surface area contributed by atoms with Gasteiger partial charge in [0.25, 0.3) is 0 Å². The number of ether oxygens (including phenoxy) is 1. The molecule has 0 saturated carbocycles. The number of hydrogen-bond donors (Lipinski definition) is 2. The lowest BCUT2D eigenvalue weighted by Crippen LogP contribution is -2.30. The zero-order chi connectivity index (χ0) is 10.6. The smallest absolute Gasteiger partial charge is 0.0477 e. The van der Waals surface area contributed by atoms with Crippen molar-refractivity contribution in [3.63, 3.8) is 0 Å². The van der Waals surface area contributed by atoms with E-state index in [1.54, 1.807) is 0 Å². The van der Waals surface area contributed by atoms with Crippen LogP contribution in [0.2, 0.25) is 0 Å². The highest BCUT2D eigenvalue weighted by Gasteiger charge is 1.92. The maximum Gasteiger partial charge on any atom is 0.0477 e. The number of hydrogen-bond acceptors (Lipinski definition) is 3. The van der Waals surface area contributed by atoms with Crippen molar-refractivity contribution in [1.29, 1.82) is 0 Å². The molecular weight excluding hydrogens is 176 g/mol. The molecule has 86 valence electrons. The van der Waals surface area contributed by atoms with Crippen LogP contribution in [0.25, 0.3) is 0 Å². The van der Waals surface area contributed by atoms with Gasteiger partial charge in [-0.3, -0.25) is 0 Å². The van der Waals surface area contributed by atoms with Crippen LogP contribution in [0.15, 0.2) is 0 Å². The van der Waals surface area contributed by atoms with Crippen LogP contribution in [0.1, 0.15) is 27.2 Å². The number of rotatable bonds is 10. The van der Waals surface area contributed by atoms with Crippen molar-refractivity contribution in [2.75, 3.05) is 39.4 Å². The van der Waals surface area contributed by atoms with Crippen LogP contribution in [0.3, 0.4) is 0 Å². The van der Waals surface area contributed by atoms with Crippen LogP contribution >= 0.6 is 0 Å². The number of nitrogens with one attached hydrogen (secondary N) is 2. The average molecular weight is 202 g/mol. The Kier molecular flexibility index (Phi) is 10.9. The fourth-order valence-electron chi connectivity index (χ4n) is 1.14. The molecular formula is C11H26N2O. The summed E-state index contributed by atoms with van der Waals surface area (Å²) in [5, 5.41) is 6.77. The summed E-state index contributed by atoms with van der Waals surface area (Å²) in [5.41, 5.74) is 0. The SMILES string of the molecule is CCOCCCNCCNCC(C)C. The van der Waals surface area contributed by atoms with Crippen molar-refractivity contribution in [2.24, 2.45) is 5.92 Å². The van der Waals surface area contributed by atoms with Gasteiger partial charge >= 0.3 is 0 Å². The highest BCUT2D eigenvalue weighted by Crippen LogP contribution is 1.85. The molecule has 3 heteroatoms. The fourth-order valence-corrected chi connectivity index (χ4v) is 1.14. The van der Waals surface area contributed by atoms with E-state index in [9.17, 15) is 0 Å². The molecule has 0 aliphatic carbocycles. The molecule has 2 N–H and O–H groups in total. The zero-order valence-electron chi connectivity index (χ0n) is 9.94. The Bertz CT molecular complexity index is 107. The van der Waals surface area contributed by atoms with Crippen molar-refractivity contribution in [3.8, 4) is 0 Å². The predicted octanol–water partition coefficient (Wildman–Crippen LogP) is 1.25. The molecule has 0 unspecified atom stereocenters. The van der Waals surface area contributed by atoms with Crippen LogP contribution in [0.5, 0.6) is 0 Å². The zero-order valence-corrected chi connectivity index (χ0v) is 9.94. The van der Waals surface area contributed by atoms with Crippen LogP contribution in [-0.2, 0) is 4.74 Å². The van der Waals surface area contributed by atoms with E-state index >= 15 is 0 Å². The first-order valence-electron chi connectivity index (χ1n) is 5.76. The van der Waals surface area contributed by atoms with E-state index in [1.165, 1.54) is 0 Å². The molecule has 0 saturated heterocycles. The Morgan fingerprint density at radius 1 is 1.07 bits per heavy atom. The Balaban J connectivity index is 2.85. The first kappa shape index (κ1) is 13.9. The van der Waals surface area contributed by atoms with Gasteiger partial charge in [0.05, 0.1) is 0 Å². The van der Waals surface area contributed by atoms with Crippen LogP contribution < -0.4 is 10.6 Å². The normalized spacial score (nSPS) is 11.1. The molecule has 0 bridgehead atoms. The molecule has 0 heterocycles. The molecule has 0 atom stereocenters. The van der Waals surface area contributed by atoms with Gasteiger partial charge in [0.2, 0.25) is 0 Å². The summed E-state index contributed by atoms with van der Waals surface area (Å²) >= 11 is 0. The van der Waals surface area contributed by atoms with E-state index in [1.807, 2.05) is 6.92 Å². The van der Waals surface area contributed by atoms with Gasteiger partial charge in [-0.2, -0.15) is 0 Å². The molecule has 0 radical (unpaired) electrons. The quantitative estimate of drug-likeness (QED) is 0.523. The Morgan fingerprint density at radius 3 is 2.43 bits per heavy atom. The lowest BCUT2D eigenvalue weighted by molar-refractivity contribution is 0.145. The second kappa shape index (κ2) is 11.0. The monoisotopic (exact) mass is 202 g/mol. The van der Waals surface area contributed by atoms with Crippen molar-refractivity contribution in [2.45, 2.75) is 27.2 Å². The maximum atomic E-state index is 5.24. The van der Waals surface area contributed by atoms with Gasteiger partial charge in [0.15, 0.2) is 0 Å². The molecule has 3 nitrogen and oxygen atoms in total. The van der Waals surface area contributed by atoms with Crippen molar-refractivity contribution < 1.29 is 4.74 Å². The lowest BCUT2D eigenvalue weighted by Gasteiger charge is -2.08. The molecule has 0 rings (SSSR count). The molecule has 0 aromatic carbocycles. The van der Waals surface area contributed by atoms with Crippen LogP contribution in [0.4, 0.5) is 0 Å². The highest BCUT2D eigenvalue weighted by molar-refractivity contribution is 4.54. The third-order valence-electron chi connectivity index (χ3n) is 1.88. The molecule has 0 aliphatic heterocycles. The minimum Gasteiger partial charge on any atom is -0.382 e. The van der Waals surface area contributed by atoms with E-state index in [0.717, 1.165) is 51.7 Å². The Labute approximate surface area is 88.6 Å². The summed E-state index contributed by atoms with van der Waals surface area (Å²) in [7, 11) is 0. The first-order valence-corrected chi connectivity index (χ1v) is 5.76. The van der Waals surface area contributed by atoms with Gasteiger partial charge in [0, 0.05) is 26.3 Å². The molecule has 0 aliphatic rings. The van der Waals surface area contributed by atoms with E-state index in [2.05, 4.69) is 24.5 Å². The van der Waals surface area contributed by atoms with Crippen molar-refractivity contribution in [3.05, 3.63) is 0 Å². The largest absolute Gasteiger partial charge is 0.382 e. The third kappa shape index (κ3) is 11.9. The standard InChI is InChI=1S/C11H26N2O/c1-4-14-9-5-6-12-7-8-13-10-11(2)3/h11-13H,4-10H2,1-3H3. The van der Waals surface area contributed by atoms with Crippen LogP contribution in [0, 0.1) is 5.92 Å². The maximum absolute atomic E-state index is 5.24. The van der Waals surface area contributed by atoms with Gasteiger partial charge in [-0.15, -0.1) is 0 Å². The summed E-state index contributed by atoms with van der Waals surface area (Å²) in [4.78, 5) is 0. The second-order valence-corrected chi connectivity index (χ2v) is 3.90. The molecule has 0 spiro atoms. The van der Waals surface area contributed by atoms with Gasteiger partial charge in [-0.1, -0.05) is 13.8 Å². The first-order chi connectivity index (χ1) is 6.77. The minimum absolute atomic E-state index is 0.743. The molecule has 14 heavy (non-hydrogen) atoms. The summed E-state index contributed by atoms with van der Waals surface area (Å²) in [5.74, 6) is 0.743. The van der Waals surface area contributed by atoms with E-state index in [4.69, 9.17) is 4.74 Å². The second-order valence-electron chi connectivity index (χ2n) is 3.90. The molecule has 0 fully saturated rings. The van der Waals surface area contributed by atoms with E-state index in [-0.39, 0.29) is 0 Å². The fraction of sp³-hybridized carbons (Fsp3) is 1.00. The van der Waals surface area contributed by atoms with Crippen LogP contribution in [-0.4, -0.2) is 39.4 Å². The predicted molar refractivity (Wildman–Crippen MR) is 61.7 cm³/mol. The van der Waals surface area contributed by atoms with Crippen molar-refractivity contribution in [1.82, 2.24) is 10.6 Å². The Hall–Kier alpha value is -0.120. The molecule has 0 aromatic rings. The summed E-state index contributed by atoms with van der Waals surface area (Å²) in [6, 6.07) is 0. The minimum atomic E-state index is 0.743. The van der Waals surface area contributed by atoms with Gasteiger partial charge in [-0.25, -0.2) is 0 Å². The van der Waals surface area contributed by atoms with Gasteiger partial charge in [-0.05, 0) is 32.4 Å². The van der Waals surface area contributed by atoms with E-state index < -0.39 is 0 Å². The lowest BCUT2D eigenvalue weighted by atomic mass is 10.2. The summed E-state index contributed by atoms with van der Waals surface area (Å²) in [6.07, 6.45) is 1.11. The van der Waals surface area contributed by atoms with Gasteiger partial charge < -0.3 is 15.4 Å². The highest BCUT2D eigenvalue weighted by atomic mass is 16.5. The van der Waals surface area contributed by atoms with E-state index in [0.29, 0.717) is 0 Å². The molecule has 0 amide bonds. The van der Waals surface area contributed by atoms with Gasteiger partial charge in [0.1, 0.15) is 0 Å². The van der Waals surface area contributed by atoms with Crippen molar-refractivity contribution >= 4 is 0 Å². The third-order valence-corrected chi connectivity index (χ3v) is 1.88. The summed E-state index contributed by atoms with van der Waals surface area (Å²) in [6.45, 7) is 12.5. The topological polar surface area (TPSA) is 33.3 Å². The Morgan fingerprint density at radius 2 is 1.79 bits per heavy atom.